The van der Waals surface area contributed by atoms with Gasteiger partial charge in [-0.25, -0.2) is 0 Å². The van der Waals surface area contributed by atoms with E-state index in [0.29, 0.717) is 11.5 Å². The second-order valence-corrected chi connectivity index (χ2v) is 3.71. The molecular weight excluding hydrogens is 292 g/mol. The largest absolute Gasteiger partial charge is 0.504 e. The molecule has 0 unspecified atom stereocenters. The molecule has 2 aromatic rings. The fourth-order valence-corrected chi connectivity index (χ4v) is 1.26. The molecule has 2 rings (SSSR count). The zero-order valence-electron chi connectivity index (χ0n) is 12.2. The minimum absolute atomic E-state index is 0.138. The van der Waals surface area contributed by atoms with E-state index in [4.69, 9.17) is 34.7 Å². The van der Waals surface area contributed by atoms with E-state index >= 15 is 0 Å². The van der Waals surface area contributed by atoms with Crippen LogP contribution in [0.5, 0.6) is 34.5 Å². The third-order valence-electron chi connectivity index (χ3n) is 2.37. The second kappa shape index (κ2) is 9.76. The van der Waals surface area contributed by atoms with Crippen LogP contribution in [0.15, 0.2) is 36.4 Å². The molecule has 7 heteroatoms. The molecule has 7 nitrogen and oxygen atoms in total. The minimum Gasteiger partial charge on any atom is -0.504 e. The van der Waals surface area contributed by atoms with Gasteiger partial charge in [-0.1, -0.05) is 0 Å². The van der Waals surface area contributed by atoms with Gasteiger partial charge in [0.1, 0.15) is 18.3 Å². The Morgan fingerprint density at radius 3 is 1.23 bits per heavy atom. The molecule has 0 spiro atoms. The van der Waals surface area contributed by atoms with Crippen molar-refractivity contribution in [1.29, 1.82) is 0 Å². The molecule has 0 radical (unpaired) electrons. The van der Waals surface area contributed by atoms with Gasteiger partial charge in [0.2, 0.25) is 0 Å². The first-order valence-electron chi connectivity index (χ1n) is 5.88. The highest BCUT2D eigenvalue weighted by Gasteiger charge is 1.99. The third kappa shape index (κ3) is 5.91. The Balaban J connectivity index is 0.000000360. The van der Waals surface area contributed by atoms with Gasteiger partial charge in [0.25, 0.3) is 0 Å². The summed E-state index contributed by atoms with van der Waals surface area (Å²) in [5, 5.41) is 35.5. The van der Waals surface area contributed by atoms with Crippen LogP contribution in [0.4, 0.5) is 0 Å². The summed E-state index contributed by atoms with van der Waals surface area (Å²) in [6, 6.07) is 8.55. The molecule has 0 amide bonds. The van der Waals surface area contributed by atoms with Gasteiger partial charge < -0.3 is 34.7 Å². The van der Waals surface area contributed by atoms with Crippen molar-refractivity contribution in [3.8, 4) is 34.5 Å². The van der Waals surface area contributed by atoms with E-state index in [9.17, 15) is 0 Å². The molecule has 0 saturated heterocycles. The van der Waals surface area contributed by atoms with E-state index in [-0.39, 0.29) is 23.0 Å². The Morgan fingerprint density at radius 1 is 0.682 bits per heavy atom. The van der Waals surface area contributed by atoms with Crippen LogP contribution in [0.25, 0.3) is 0 Å². The number of methoxy groups -OCH3 is 2. The number of carbonyl (C=O) groups is 1. The number of hydrogen-bond donors (Lipinski definition) is 4. The zero-order valence-corrected chi connectivity index (χ0v) is 12.2. The first-order valence-corrected chi connectivity index (χ1v) is 5.88. The maximum absolute atomic E-state index is 8.90. The molecule has 0 bridgehead atoms. The molecule has 0 fully saturated rings. The van der Waals surface area contributed by atoms with Crippen molar-refractivity contribution in [2.75, 3.05) is 14.2 Å². The van der Waals surface area contributed by atoms with E-state index < -0.39 is 0 Å². The fraction of sp³-hybridized carbons (Fsp3) is 0.133. The Labute approximate surface area is 127 Å². The summed E-state index contributed by atoms with van der Waals surface area (Å²) in [6.07, 6.45) is 0. The van der Waals surface area contributed by atoms with Crippen molar-refractivity contribution in [2.45, 2.75) is 0 Å². The first kappa shape index (κ1) is 18.9. The standard InChI is InChI=1S/2C7H8O3.CH2O/c2*1-10-5-2-3-6(8)7(9)4-5;1-2/h2*2-4,8-9H,1H3;1H2. The smallest absolute Gasteiger partial charge is 0.161 e. The molecule has 0 aliphatic heterocycles. The van der Waals surface area contributed by atoms with Crippen LogP contribution < -0.4 is 9.47 Å². The summed E-state index contributed by atoms with van der Waals surface area (Å²) in [5.74, 6) is 0.436. The van der Waals surface area contributed by atoms with Crippen molar-refractivity contribution in [3.63, 3.8) is 0 Å². The van der Waals surface area contributed by atoms with Gasteiger partial charge >= 0.3 is 0 Å². The average molecular weight is 310 g/mol. The third-order valence-corrected chi connectivity index (χ3v) is 2.37. The molecule has 2 aromatic carbocycles. The number of ether oxygens (including phenoxy) is 2. The van der Waals surface area contributed by atoms with Gasteiger partial charge in [-0.15, -0.1) is 0 Å². The van der Waals surface area contributed by atoms with E-state index in [0.717, 1.165) is 0 Å². The Morgan fingerprint density at radius 2 is 1.00 bits per heavy atom. The number of phenolic OH excluding ortho intramolecular Hbond substituents is 4. The van der Waals surface area contributed by atoms with Crippen LogP contribution in [-0.2, 0) is 4.79 Å². The van der Waals surface area contributed by atoms with Crippen LogP contribution in [-0.4, -0.2) is 41.4 Å². The van der Waals surface area contributed by atoms with Gasteiger partial charge in [-0.2, -0.15) is 0 Å². The number of phenols is 4. The number of carbonyl (C=O) groups excluding carboxylic acids is 1. The summed E-state index contributed by atoms with van der Waals surface area (Å²) >= 11 is 0. The Kier molecular flexibility index (Phi) is 8.39. The number of aromatic hydroxyl groups is 4. The molecule has 0 aliphatic carbocycles. The van der Waals surface area contributed by atoms with Crippen molar-refractivity contribution in [1.82, 2.24) is 0 Å². The summed E-state index contributed by atoms with van der Waals surface area (Å²) in [6.45, 7) is 2.00. The van der Waals surface area contributed by atoms with Crippen LogP contribution in [0, 0.1) is 0 Å². The lowest BCUT2D eigenvalue weighted by Crippen LogP contribution is -1.80. The summed E-state index contributed by atoms with van der Waals surface area (Å²) in [7, 11) is 2.98. The van der Waals surface area contributed by atoms with Crippen molar-refractivity contribution in [3.05, 3.63) is 36.4 Å². The lowest BCUT2D eigenvalue weighted by atomic mass is 10.3. The summed E-state index contributed by atoms with van der Waals surface area (Å²) < 4.78 is 9.56. The molecule has 0 saturated carbocycles. The minimum atomic E-state index is -0.167. The van der Waals surface area contributed by atoms with E-state index in [1.807, 2.05) is 6.79 Å². The fourth-order valence-electron chi connectivity index (χ4n) is 1.26. The maximum Gasteiger partial charge on any atom is 0.161 e. The predicted octanol–water partition coefficient (Wildman–Crippen LogP) is 2.03. The van der Waals surface area contributed by atoms with Gasteiger partial charge in [0.15, 0.2) is 23.0 Å². The predicted molar refractivity (Wildman–Crippen MR) is 79.8 cm³/mol. The number of benzene rings is 2. The van der Waals surface area contributed by atoms with E-state index in [2.05, 4.69) is 0 Å². The van der Waals surface area contributed by atoms with Crippen LogP contribution in [0.2, 0.25) is 0 Å². The highest BCUT2D eigenvalue weighted by atomic mass is 16.5. The number of rotatable bonds is 2. The van der Waals surface area contributed by atoms with Crippen LogP contribution in [0.1, 0.15) is 0 Å². The Hall–Kier alpha value is -3.09. The van der Waals surface area contributed by atoms with Crippen LogP contribution >= 0.6 is 0 Å². The van der Waals surface area contributed by atoms with Crippen LogP contribution in [0.3, 0.4) is 0 Å². The molecule has 0 aromatic heterocycles. The van der Waals surface area contributed by atoms with E-state index in [1.165, 1.54) is 38.5 Å². The molecule has 22 heavy (non-hydrogen) atoms. The average Bonchev–Trinajstić information content (AvgIpc) is 2.55. The maximum atomic E-state index is 8.90. The lowest BCUT2D eigenvalue weighted by molar-refractivity contribution is -0.0979. The molecule has 0 aliphatic rings. The topological polar surface area (TPSA) is 116 Å². The van der Waals surface area contributed by atoms with Crippen molar-refractivity contribution >= 4 is 6.79 Å². The van der Waals surface area contributed by atoms with Gasteiger partial charge in [0.05, 0.1) is 14.2 Å². The van der Waals surface area contributed by atoms with Gasteiger partial charge in [-0.3, -0.25) is 0 Å². The summed E-state index contributed by atoms with van der Waals surface area (Å²) in [5.41, 5.74) is 0. The van der Waals surface area contributed by atoms with Gasteiger partial charge in [-0.05, 0) is 24.3 Å². The highest BCUT2D eigenvalue weighted by molar-refractivity contribution is 5.43. The highest BCUT2D eigenvalue weighted by Crippen LogP contribution is 2.28. The van der Waals surface area contributed by atoms with Gasteiger partial charge in [0, 0.05) is 12.1 Å². The summed E-state index contributed by atoms with van der Waals surface area (Å²) in [4.78, 5) is 8.00. The Bertz CT molecular complexity index is 533. The SMILES string of the molecule is C=O.COc1ccc(O)c(O)c1.COc1ccc(O)c(O)c1. The number of hydrogen-bond acceptors (Lipinski definition) is 7. The quantitative estimate of drug-likeness (QED) is 0.627. The molecule has 120 valence electrons. The van der Waals surface area contributed by atoms with E-state index in [1.54, 1.807) is 12.1 Å². The molecule has 0 atom stereocenters. The molecule has 4 N–H and O–H groups in total. The monoisotopic (exact) mass is 310 g/mol. The zero-order chi connectivity index (χ0) is 17.1. The normalized spacial score (nSPS) is 8.64. The second-order valence-electron chi connectivity index (χ2n) is 3.71. The first-order chi connectivity index (χ1) is 10.5. The molecule has 0 heterocycles. The van der Waals surface area contributed by atoms with Crippen molar-refractivity contribution in [2.24, 2.45) is 0 Å². The molecular formula is C15H18O7. The van der Waals surface area contributed by atoms with Crippen molar-refractivity contribution < 1.29 is 34.7 Å². The lowest BCUT2D eigenvalue weighted by Gasteiger charge is -2.00.